The molecule has 1 rings (SSSR count). The number of alkyl halides is 1. The predicted molar refractivity (Wildman–Crippen MR) is 38.1 cm³/mol. The first-order chi connectivity index (χ1) is 5.25. The molecule has 2 N–H and O–H groups in total. The van der Waals surface area contributed by atoms with Crippen molar-refractivity contribution in [2.24, 2.45) is 11.8 Å². The highest BCUT2D eigenvalue weighted by molar-refractivity contribution is 5.70. The minimum atomic E-state index is -0.889. The maximum Gasteiger partial charge on any atom is 0.308 e. The molecule has 0 bridgehead atoms. The predicted octanol–water partition coefficient (Wildman–Crippen LogP) is 0.266. The van der Waals surface area contributed by atoms with Gasteiger partial charge in [0.05, 0.1) is 12.6 Å². The smallest absolute Gasteiger partial charge is 0.308 e. The van der Waals surface area contributed by atoms with Crippen molar-refractivity contribution in [2.75, 3.05) is 19.8 Å². The van der Waals surface area contributed by atoms with Crippen molar-refractivity contribution in [3.05, 3.63) is 0 Å². The second-order valence-corrected chi connectivity index (χ2v) is 2.85. The van der Waals surface area contributed by atoms with Crippen LogP contribution in [0.15, 0.2) is 0 Å². The Bertz CT molecular complexity index is 151. The van der Waals surface area contributed by atoms with E-state index < -0.39 is 18.6 Å². The maximum absolute atomic E-state index is 12.2. The molecule has 1 aliphatic heterocycles. The number of piperidine rings is 1. The van der Waals surface area contributed by atoms with Crippen LogP contribution in [0.1, 0.15) is 6.42 Å². The Morgan fingerprint density at radius 2 is 2.45 bits per heavy atom. The lowest BCUT2D eigenvalue weighted by atomic mass is 9.88. The zero-order valence-corrected chi connectivity index (χ0v) is 6.22. The highest BCUT2D eigenvalue weighted by Gasteiger charge is 2.30. The summed E-state index contributed by atoms with van der Waals surface area (Å²) in [6.07, 6.45) is 0.632. The number of hydrogen-bond donors (Lipinski definition) is 2. The van der Waals surface area contributed by atoms with Gasteiger partial charge in [-0.15, -0.1) is 0 Å². The molecule has 2 atom stereocenters. The Morgan fingerprint density at radius 1 is 1.73 bits per heavy atom. The summed E-state index contributed by atoms with van der Waals surface area (Å²) in [6.45, 7) is 0.626. The summed E-state index contributed by atoms with van der Waals surface area (Å²) < 4.78 is 12.2. The lowest BCUT2D eigenvalue weighted by molar-refractivity contribution is -0.144. The zero-order chi connectivity index (χ0) is 8.27. The van der Waals surface area contributed by atoms with Crippen LogP contribution in [0, 0.1) is 11.8 Å². The quantitative estimate of drug-likeness (QED) is 0.611. The van der Waals surface area contributed by atoms with Crippen molar-refractivity contribution in [3.8, 4) is 0 Å². The van der Waals surface area contributed by atoms with Crippen LogP contribution in [0.4, 0.5) is 4.39 Å². The number of halogens is 1. The summed E-state index contributed by atoms with van der Waals surface area (Å²) in [5, 5.41) is 11.6. The van der Waals surface area contributed by atoms with Gasteiger partial charge in [-0.2, -0.15) is 0 Å². The third kappa shape index (κ3) is 1.89. The van der Waals surface area contributed by atoms with E-state index in [9.17, 15) is 9.18 Å². The van der Waals surface area contributed by atoms with Crippen molar-refractivity contribution in [1.29, 1.82) is 0 Å². The number of hydrogen-bond acceptors (Lipinski definition) is 2. The molecule has 1 aliphatic rings. The Labute approximate surface area is 64.6 Å². The number of carboxylic acid groups (broad SMARTS) is 1. The van der Waals surface area contributed by atoms with Gasteiger partial charge in [-0.25, -0.2) is 0 Å². The first kappa shape index (κ1) is 8.46. The van der Waals surface area contributed by atoms with Crippen LogP contribution in [-0.2, 0) is 4.79 Å². The van der Waals surface area contributed by atoms with Crippen molar-refractivity contribution in [3.63, 3.8) is 0 Å². The van der Waals surface area contributed by atoms with Crippen LogP contribution in [0.3, 0.4) is 0 Å². The largest absolute Gasteiger partial charge is 0.481 e. The fourth-order valence-corrected chi connectivity index (χ4v) is 1.39. The molecule has 0 spiro atoms. The van der Waals surface area contributed by atoms with E-state index in [2.05, 4.69) is 5.32 Å². The van der Waals surface area contributed by atoms with Gasteiger partial charge in [-0.1, -0.05) is 0 Å². The Balaban J connectivity index is 2.51. The molecule has 0 aromatic heterocycles. The van der Waals surface area contributed by atoms with E-state index in [1.54, 1.807) is 0 Å². The summed E-state index contributed by atoms with van der Waals surface area (Å²) in [6, 6.07) is 0. The van der Waals surface area contributed by atoms with Gasteiger partial charge in [0.25, 0.3) is 0 Å². The second-order valence-electron chi connectivity index (χ2n) is 2.85. The monoisotopic (exact) mass is 161 g/mol. The molecule has 4 heteroatoms. The lowest BCUT2D eigenvalue weighted by Gasteiger charge is -2.26. The van der Waals surface area contributed by atoms with E-state index in [1.165, 1.54) is 0 Å². The van der Waals surface area contributed by atoms with E-state index in [1.807, 2.05) is 0 Å². The van der Waals surface area contributed by atoms with Crippen molar-refractivity contribution >= 4 is 5.97 Å². The first-order valence-corrected chi connectivity index (χ1v) is 3.75. The van der Waals surface area contributed by atoms with Gasteiger partial charge in [-0.3, -0.25) is 9.18 Å². The maximum atomic E-state index is 12.2. The number of carbonyl (C=O) groups is 1. The molecule has 1 saturated heterocycles. The minimum absolute atomic E-state index is 0.284. The van der Waals surface area contributed by atoms with Crippen LogP contribution in [-0.4, -0.2) is 30.8 Å². The molecule has 0 aromatic rings. The van der Waals surface area contributed by atoms with Crippen molar-refractivity contribution in [1.82, 2.24) is 5.32 Å². The van der Waals surface area contributed by atoms with Crippen LogP contribution >= 0.6 is 0 Å². The van der Waals surface area contributed by atoms with Gasteiger partial charge in [0.2, 0.25) is 0 Å². The number of rotatable bonds is 2. The van der Waals surface area contributed by atoms with E-state index in [4.69, 9.17) is 5.11 Å². The van der Waals surface area contributed by atoms with Gasteiger partial charge in [0, 0.05) is 12.5 Å². The fraction of sp³-hybridized carbons (Fsp3) is 0.857. The van der Waals surface area contributed by atoms with Crippen LogP contribution in [0.5, 0.6) is 0 Å². The lowest BCUT2D eigenvalue weighted by Crippen LogP contribution is -2.41. The van der Waals surface area contributed by atoms with Crippen molar-refractivity contribution in [2.45, 2.75) is 6.42 Å². The normalized spacial score (nSPS) is 31.7. The molecule has 1 heterocycles. The van der Waals surface area contributed by atoms with Crippen molar-refractivity contribution < 1.29 is 14.3 Å². The molecule has 0 unspecified atom stereocenters. The molecule has 0 aliphatic carbocycles. The molecular formula is C7H12FNO2. The number of carboxylic acids is 1. The van der Waals surface area contributed by atoms with E-state index in [0.717, 1.165) is 6.54 Å². The van der Waals surface area contributed by atoms with Crippen LogP contribution in [0.2, 0.25) is 0 Å². The third-order valence-corrected chi connectivity index (χ3v) is 2.14. The Morgan fingerprint density at radius 3 is 2.91 bits per heavy atom. The van der Waals surface area contributed by atoms with E-state index in [0.29, 0.717) is 13.0 Å². The van der Waals surface area contributed by atoms with E-state index in [-0.39, 0.29) is 5.92 Å². The van der Waals surface area contributed by atoms with Gasteiger partial charge < -0.3 is 10.4 Å². The molecule has 3 nitrogen and oxygen atoms in total. The third-order valence-electron chi connectivity index (χ3n) is 2.14. The molecule has 11 heavy (non-hydrogen) atoms. The highest BCUT2D eigenvalue weighted by atomic mass is 19.1. The standard InChI is InChI=1S/C7H12FNO2/c8-3-5-1-2-9-4-6(5)7(10)11/h5-6,9H,1-4H2,(H,10,11)/t5-,6-/m0/s1. The SMILES string of the molecule is O=C(O)[C@H]1CNCC[C@H]1CF. The summed E-state index contributed by atoms with van der Waals surface area (Å²) >= 11 is 0. The minimum Gasteiger partial charge on any atom is -0.481 e. The first-order valence-electron chi connectivity index (χ1n) is 3.75. The zero-order valence-electron chi connectivity index (χ0n) is 6.22. The van der Waals surface area contributed by atoms with Gasteiger partial charge >= 0.3 is 5.97 Å². The Kier molecular flexibility index (Phi) is 2.82. The topological polar surface area (TPSA) is 49.3 Å². The molecule has 1 fully saturated rings. The summed E-state index contributed by atoms with van der Waals surface area (Å²) in [4.78, 5) is 10.5. The average molecular weight is 161 g/mol. The highest BCUT2D eigenvalue weighted by Crippen LogP contribution is 2.19. The molecule has 0 amide bonds. The molecule has 0 radical (unpaired) electrons. The van der Waals surface area contributed by atoms with Gasteiger partial charge in [-0.05, 0) is 13.0 Å². The number of nitrogens with one attached hydrogen (secondary N) is 1. The Hall–Kier alpha value is -0.640. The van der Waals surface area contributed by atoms with Crippen LogP contribution < -0.4 is 5.32 Å². The van der Waals surface area contributed by atoms with E-state index >= 15 is 0 Å². The molecule has 0 aromatic carbocycles. The summed E-state index contributed by atoms with van der Waals surface area (Å²) in [5.41, 5.74) is 0. The molecule has 0 saturated carbocycles. The molecular weight excluding hydrogens is 149 g/mol. The second kappa shape index (κ2) is 3.67. The average Bonchev–Trinajstić information content (AvgIpc) is 2.04. The summed E-state index contributed by atoms with van der Waals surface area (Å²) in [5.74, 6) is -1.71. The number of aliphatic carboxylic acids is 1. The molecule has 64 valence electrons. The fourth-order valence-electron chi connectivity index (χ4n) is 1.39. The van der Waals surface area contributed by atoms with Gasteiger partial charge in [0.15, 0.2) is 0 Å². The van der Waals surface area contributed by atoms with Crippen LogP contribution in [0.25, 0.3) is 0 Å². The summed E-state index contributed by atoms with van der Waals surface area (Å²) in [7, 11) is 0. The van der Waals surface area contributed by atoms with Gasteiger partial charge in [0.1, 0.15) is 0 Å².